The zero-order valence-electron chi connectivity index (χ0n) is 24.4. The first kappa shape index (κ1) is 28.1. The number of aliphatic imine (C=N–C) groups is 1. The Morgan fingerprint density at radius 1 is 1.05 bits per heavy atom. The number of nitrogens with one attached hydrogen (secondary N) is 2. The Labute approximate surface area is 250 Å². The number of rotatable bonds is 11. The van der Waals surface area contributed by atoms with Gasteiger partial charge in [-0.2, -0.15) is 0 Å². The number of anilines is 3. The topological polar surface area (TPSA) is 118 Å². The van der Waals surface area contributed by atoms with Gasteiger partial charge in [0.25, 0.3) is 0 Å². The first-order chi connectivity index (χ1) is 21.0. The van der Waals surface area contributed by atoms with E-state index in [1.54, 1.807) is 7.11 Å². The molecular weight excluding hydrogens is 544 g/mol. The van der Waals surface area contributed by atoms with Crippen LogP contribution in [0.5, 0.6) is 11.5 Å². The van der Waals surface area contributed by atoms with Crippen LogP contribution in [-0.2, 0) is 16.1 Å². The van der Waals surface area contributed by atoms with Crippen molar-refractivity contribution in [2.45, 2.75) is 39.2 Å². The van der Waals surface area contributed by atoms with Gasteiger partial charge in [0.1, 0.15) is 12.4 Å². The van der Waals surface area contributed by atoms with Crippen LogP contribution in [0.4, 0.5) is 17.2 Å². The number of aromatic nitrogens is 2. The monoisotopic (exact) mass is 578 g/mol. The van der Waals surface area contributed by atoms with Gasteiger partial charge in [-0.3, -0.25) is 14.6 Å². The zero-order valence-corrected chi connectivity index (χ0v) is 24.4. The van der Waals surface area contributed by atoms with Crippen molar-refractivity contribution in [1.82, 2.24) is 14.9 Å². The Morgan fingerprint density at radius 2 is 1.95 bits per heavy atom. The summed E-state index contributed by atoms with van der Waals surface area (Å²) < 4.78 is 11.8. The maximum atomic E-state index is 12.2. The molecule has 0 unspecified atom stereocenters. The van der Waals surface area contributed by atoms with Crippen molar-refractivity contribution in [2.75, 3.05) is 37.4 Å². The normalized spacial score (nSPS) is 13.8. The van der Waals surface area contributed by atoms with Gasteiger partial charge < -0.3 is 25.0 Å². The van der Waals surface area contributed by atoms with E-state index in [1.807, 2.05) is 60.5 Å². The lowest BCUT2D eigenvalue weighted by atomic mass is 10.1. The Balaban J connectivity index is 1.37. The van der Waals surface area contributed by atoms with E-state index >= 15 is 0 Å². The van der Waals surface area contributed by atoms with Crippen molar-refractivity contribution in [1.29, 1.82) is 0 Å². The van der Waals surface area contributed by atoms with Gasteiger partial charge in [-0.1, -0.05) is 25.1 Å². The second-order valence-electron chi connectivity index (χ2n) is 10.6. The van der Waals surface area contributed by atoms with E-state index in [1.165, 1.54) is 5.56 Å². The minimum atomic E-state index is -0.0343. The maximum Gasteiger partial charge on any atom is 0.224 e. The summed E-state index contributed by atoms with van der Waals surface area (Å²) in [7, 11) is 1.59. The highest BCUT2D eigenvalue weighted by Crippen LogP contribution is 2.37. The molecule has 4 aromatic rings. The van der Waals surface area contributed by atoms with E-state index < -0.39 is 0 Å². The van der Waals surface area contributed by atoms with E-state index in [2.05, 4.69) is 27.8 Å². The van der Waals surface area contributed by atoms with Crippen molar-refractivity contribution in [3.63, 3.8) is 0 Å². The van der Waals surface area contributed by atoms with Gasteiger partial charge in [0.05, 0.1) is 25.7 Å². The number of ether oxygens (including phenoxy) is 2. The average molecular weight is 579 g/mol. The first-order valence-corrected chi connectivity index (χ1v) is 14.6. The van der Waals surface area contributed by atoms with Crippen LogP contribution in [0.3, 0.4) is 0 Å². The molecule has 1 saturated heterocycles. The largest absolute Gasteiger partial charge is 0.493 e. The van der Waals surface area contributed by atoms with Crippen LogP contribution < -0.4 is 20.1 Å². The van der Waals surface area contributed by atoms with E-state index in [9.17, 15) is 9.59 Å². The molecule has 43 heavy (non-hydrogen) atoms. The summed E-state index contributed by atoms with van der Waals surface area (Å²) in [6, 6.07) is 17.4. The lowest BCUT2D eigenvalue weighted by Crippen LogP contribution is -2.29. The van der Waals surface area contributed by atoms with Gasteiger partial charge in [-0.25, -0.2) is 9.97 Å². The van der Waals surface area contributed by atoms with E-state index in [-0.39, 0.29) is 11.8 Å². The molecule has 10 nitrogen and oxygen atoms in total. The minimum Gasteiger partial charge on any atom is -0.493 e. The Hall–Kier alpha value is -4.99. The summed E-state index contributed by atoms with van der Waals surface area (Å²) in [5.41, 5.74) is 5.22. The zero-order chi connectivity index (χ0) is 29.8. The maximum absolute atomic E-state index is 12.2. The van der Waals surface area contributed by atoms with Gasteiger partial charge in [0, 0.05) is 54.0 Å². The molecule has 6 rings (SSSR count). The number of hydrogen-bond acceptors (Lipinski definition) is 8. The molecular formula is C33H34N6O4. The third kappa shape index (κ3) is 6.28. The Kier molecular flexibility index (Phi) is 8.17. The lowest BCUT2D eigenvalue weighted by Gasteiger charge is -2.18. The molecule has 0 bridgehead atoms. The van der Waals surface area contributed by atoms with Gasteiger partial charge in [0.15, 0.2) is 17.3 Å². The molecule has 3 heterocycles. The molecule has 0 spiro atoms. The molecule has 0 aliphatic carbocycles. The minimum absolute atomic E-state index is 0.0343. The van der Waals surface area contributed by atoms with Gasteiger partial charge >= 0.3 is 0 Å². The molecule has 3 aromatic carbocycles. The van der Waals surface area contributed by atoms with Crippen LogP contribution in [-0.4, -0.2) is 59.7 Å². The number of hydrogen-bond donors (Lipinski definition) is 2. The van der Waals surface area contributed by atoms with Crippen LogP contribution in [0.15, 0.2) is 59.6 Å². The second-order valence-corrected chi connectivity index (χ2v) is 10.6. The number of carbonyl (C=O) groups is 2. The van der Waals surface area contributed by atoms with Crippen molar-refractivity contribution < 1.29 is 19.1 Å². The molecule has 0 radical (unpaired) electrons. The lowest BCUT2D eigenvalue weighted by molar-refractivity contribution is -0.128. The van der Waals surface area contributed by atoms with Crippen molar-refractivity contribution in [3.05, 3.63) is 65.7 Å². The quantitative estimate of drug-likeness (QED) is 0.234. The summed E-state index contributed by atoms with van der Waals surface area (Å²) in [5, 5.41) is 7.19. The van der Waals surface area contributed by atoms with Crippen LogP contribution in [0, 0.1) is 0 Å². The van der Waals surface area contributed by atoms with Gasteiger partial charge in [-0.15, -0.1) is 0 Å². The molecule has 2 amide bonds. The molecule has 1 aromatic heterocycles. The molecule has 2 aliphatic rings. The van der Waals surface area contributed by atoms with E-state index in [0.717, 1.165) is 41.6 Å². The van der Waals surface area contributed by atoms with Crippen molar-refractivity contribution >= 4 is 46.1 Å². The predicted molar refractivity (Wildman–Crippen MR) is 167 cm³/mol. The van der Waals surface area contributed by atoms with Crippen LogP contribution >= 0.6 is 0 Å². The number of carbonyl (C=O) groups excluding carboxylic acids is 2. The summed E-state index contributed by atoms with van der Waals surface area (Å²) in [4.78, 5) is 40.3. The molecule has 10 heteroatoms. The fourth-order valence-electron chi connectivity index (χ4n) is 5.34. The van der Waals surface area contributed by atoms with Crippen molar-refractivity contribution in [2.24, 2.45) is 4.99 Å². The molecule has 0 saturated carbocycles. The van der Waals surface area contributed by atoms with Crippen LogP contribution in [0.1, 0.15) is 43.7 Å². The number of benzene rings is 3. The number of amides is 2. The van der Waals surface area contributed by atoms with Gasteiger partial charge in [-0.05, 0) is 54.3 Å². The average Bonchev–Trinajstić information content (AvgIpc) is 3.65. The number of methoxy groups -OCH3 is 1. The van der Waals surface area contributed by atoms with Gasteiger partial charge in [0.2, 0.25) is 11.8 Å². The highest BCUT2D eigenvalue weighted by molar-refractivity contribution is 5.96. The molecule has 0 atom stereocenters. The highest BCUT2D eigenvalue weighted by Gasteiger charge is 2.21. The first-order valence-electron chi connectivity index (χ1n) is 14.6. The summed E-state index contributed by atoms with van der Waals surface area (Å²) in [6.07, 6.45) is 4.58. The van der Waals surface area contributed by atoms with E-state index in [0.29, 0.717) is 66.9 Å². The Morgan fingerprint density at radius 3 is 2.77 bits per heavy atom. The van der Waals surface area contributed by atoms with Crippen molar-refractivity contribution in [3.8, 4) is 22.9 Å². The molecule has 2 aliphatic heterocycles. The summed E-state index contributed by atoms with van der Waals surface area (Å²) in [6.45, 7) is 4.28. The number of likely N-dealkylation sites (tertiary alicyclic amines) is 1. The van der Waals surface area contributed by atoms with Crippen LogP contribution in [0.2, 0.25) is 0 Å². The SMILES string of the molecule is CCCC(=O)Nc1cccc(-c2nc(Nc3ccc4c(c3)C=NC4)c3cc(OCCN4CCCC4=O)c(OC)cc3n2)c1. The smallest absolute Gasteiger partial charge is 0.224 e. The molecule has 1 fully saturated rings. The Bertz CT molecular complexity index is 1720. The third-order valence-corrected chi connectivity index (χ3v) is 7.55. The highest BCUT2D eigenvalue weighted by atomic mass is 16.5. The summed E-state index contributed by atoms with van der Waals surface area (Å²) >= 11 is 0. The third-order valence-electron chi connectivity index (χ3n) is 7.55. The molecule has 2 N–H and O–H groups in total. The molecule has 220 valence electrons. The van der Waals surface area contributed by atoms with Crippen LogP contribution in [0.25, 0.3) is 22.3 Å². The fourth-order valence-corrected chi connectivity index (χ4v) is 5.34. The number of nitrogens with zero attached hydrogens (tertiary/aromatic N) is 4. The fraction of sp³-hybridized carbons (Fsp3) is 0.303. The predicted octanol–water partition coefficient (Wildman–Crippen LogP) is 5.72. The standard InChI is InChI=1S/C33H34N6O4/c1-3-6-30(40)35-24-8-4-7-21(15-24)32-37-27-18-28(42-2)29(43-14-13-39-12-5-9-31(39)41)17-26(27)33(38-32)36-25-11-10-22-19-34-20-23(22)16-25/h4,7-8,10-11,15-18,20H,3,5-6,9,12-14,19H2,1-2H3,(H,35,40)(H,36,37,38). The second kappa shape index (κ2) is 12.5. The summed E-state index contributed by atoms with van der Waals surface area (Å²) in [5.74, 6) is 2.29. The number of fused-ring (bicyclic) bond motifs is 2. The van der Waals surface area contributed by atoms with E-state index in [4.69, 9.17) is 19.4 Å².